The first-order valence-electron chi connectivity index (χ1n) is 9.55. The zero-order valence-electron chi connectivity index (χ0n) is 16.4. The van der Waals surface area contributed by atoms with Crippen LogP contribution in [-0.2, 0) is 20.8 Å². The molecule has 0 aliphatic carbocycles. The van der Waals surface area contributed by atoms with E-state index in [9.17, 15) is 9.59 Å². The molecule has 1 fully saturated rings. The van der Waals surface area contributed by atoms with E-state index in [2.05, 4.69) is 5.32 Å². The van der Waals surface area contributed by atoms with Crippen LogP contribution in [0.4, 0.5) is 0 Å². The van der Waals surface area contributed by atoms with Crippen LogP contribution in [0.3, 0.4) is 0 Å². The normalized spacial score (nSPS) is 15.6. The van der Waals surface area contributed by atoms with Crippen LogP contribution in [-0.4, -0.2) is 44.9 Å². The molecule has 0 bridgehead atoms. The van der Waals surface area contributed by atoms with Gasteiger partial charge in [-0.1, -0.05) is 12.1 Å². The van der Waals surface area contributed by atoms with Gasteiger partial charge in [0.25, 0.3) is 5.91 Å². The maximum absolute atomic E-state index is 12.1. The van der Waals surface area contributed by atoms with Gasteiger partial charge < -0.3 is 24.3 Å². The van der Waals surface area contributed by atoms with Crippen molar-refractivity contribution >= 4 is 11.9 Å². The molecule has 29 heavy (non-hydrogen) atoms. The SMILES string of the molecule is COc1cccc(CNC(=O)COC(=O)c2ccc(OC[C@@H]3CCCO3)cc2)c1. The molecular weight excluding hydrogens is 374 g/mol. The second-order valence-electron chi connectivity index (χ2n) is 6.67. The van der Waals surface area contributed by atoms with Gasteiger partial charge in [-0.3, -0.25) is 4.79 Å². The lowest BCUT2D eigenvalue weighted by Gasteiger charge is -2.11. The number of rotatable bonds is 9. The van der Waals surface area contributed by atoms with E-state index in [0.717, 1.165) is 25.0 Å². The Balaban J connectivity index is 1.39. The van der Waals surface area contributed by atoms with Gasteiger partial charge in [0.05, 0.1) is 18.8 Å². The minimum Gasteiger partial charge on any atom is -0.497 e. The number of carbonyl (C=O) groups excluding carboxylic acids is 2. The largest absolute Gasteiger partial charge is 0.497 e. The highest BCUT2D eigenvalue weighted by Crippen LogP contribution is 2.17. The van der Waals surface area contributed by atoms with E-state index < -0.39 is 5.97 Å². The number of benzene rings is 2. The molecule has 1 amide bonds. The van der Waals surface area contributed by atoms with Crippen LogP contribution >= 0.6 is 0 Å². The molecule has 0 aromatic heterocycles. The van der Waals surface area contributed by atoms with Gasteiger partial charge in [0.2, 0.25) is 0 Å². The van der Waals surface area contributed by atoms with Crippen molar-refractivity contribution in [2.24, 2.45) is 0 Å². The van der Waals surface area contributed by atoms with E-state index in [0.29, 0.717) is 30.2 Å². The Morgan fingerprint density at radius 2 is 1.97 bits per heavy atom. The van der Waals surface area contributed by atoms with E-state index in [1.807, 2.05) is 24.3 Å². The van der Waals surface area contributed by atoms with E-state index in [-0.39, 0.29) is 18.6 Å². The van der Waals surface area contributed by atoms with E-state index in [1.165, 1.54) is 0 Å². The number of methoxy groups -OCH3 is 1. The second kappa shape index (κ2) is 10.5. The zero-order valence-corrected chi connectivity index (χ0v) is 16.4. The van der Waals surface area contributed by atoms with Crippen molar-refractivity contribution in [3.63, 3.8) is 0 Å². The van der Waals surface area contributed by atoms with Crippen molar-refractivity contribution in [3.8, 4) is 11.5 Å². The minimum absolute atomic E-state index is 0.134. The highest BCUT2D eigenvalue weighted by molar-refractivity contribution is 5.91. The van der Waals surface area contributed by atoms with Gasteiger partial charge in [-0.25, -0.2) is 4.79 Å². The van der Waals surface area contributed by atoms with Crippen LogP contribution in [0, 0.1) is 0 Å². The molecule has 1 saturated heterocycles. The van der Waals surface area contributed by atoms with Gasteiger partial charge in [0.15, 0.2) is 6.61 Å². The first-order chi connectivity index (χ1) is 14.1. The molecule has 0 saturated carbocycles. The summed E-state index contributed by atoms with van der Waals surface area (Å²) in [5.41, 5.74) is 1.25. The predicted octanol–water partition coefficient (Wildman–Crippen LogP) is 2.73. The van der Waals surface area contributed by atoms with Crippen LogP contribution < -0.4 is 14.8 Å². The molecule has 3 rings (SSSR count). The van der Waals surface area contributed by atoms with Gasteiger partial charge in [-0.15, -0.1) is 0 Å². The molecular formula is C22H25NO6. The van der Waals surface area contributed by atoms with Crippen molar-refractivity contribution in [3.05, 3.63) is 59.7 Å². The summed E-state index contributed by atoms with van der Waals surface area (Å²) in [7, 11) is 1.58. The number of ether oxygens (including phenoxy) is 4. The number of hydrogen-bond donors (Lipinski definition) is 1. The van der Waals surface area contributed by atoms with Gasteiger partial charge in [-0.05, 0) is 54.8 Å². The van der Waals surface area contributed by atoms with Gasteiger partial charge in [0.1, 0.15) is 18.1 Å². The standard InChI is InChI=1S/C22H25NO6/c1-26-19-5-2-4-16(12-19)13-23-21(24)15-29-22(25)17-7-9-18(10-8-17)28-14-20-6-3-11-27-20/h2,4-5,7-10,12,20H,3,6,11,13-15H2,1H3,(H,23,24)/t20-/m0/s1. The van der Waals surface area contributed by atoms with Crippen molar-refractivity contribution in [1.29, 1.82) is 0 Å². The molecule has 2 aromatic rings. The molecule has 2 aromatic carbocycles. The van der Waals surface area contributed by atoms with Crippen LogP contribution in [0.15, 0.2) is 48.5 Å². The number of amides is 1. The molecule has 1 aliphatic rings. The van der Waals surface area contributed by atoms with E-state index in [4.69, 9.17) is 18.9 Å². The fraction of sp³-hybridized carbons (Fsp3) is 0.364. The molecule has 7 nitrogen and oxygen atoms in total. The minimum atomic E-state index is -0.563. The highest BCUT2D eigenvalue weighted by atomic mass is 16.5. The fourth-order valence-corrected chi connectivity index (χ4v) is 2.90. The Morgan fingerprint density at radius 1 is 1.14 bits per heavy atom. The number of nitrogens with one attached hydrogen (secondary N) is 1. The molecule has 1 heterocycles. The van der Waals surface area contributed by atoms with Crippen molar-refractivity contribution in [2.45, 2.75) is 25.5 Å². The van der Waals surface area contributed by atoms with Crippen molar-refractivity contribution < 1.29 is 28.5 Å². The molecule has 1 atom stereocenters. The molecule has 0 radical (unpaired) electrons. The number of hydrogen-bond acceptors (Lipinski definition) is 6. The van der Waals surface area contributed by atoms with Crippen LogP contribution in [0.2, 0.25) is 0 Å². The number of carbonyl (C=O) groups is 2. The summed E-state index contributed by atoms with van der Waals surface area (Å²) >= 11 is 0. The topological polar surface area (TPSA) is 83.1 Å². The quantitative estimate of drug-likeness (QED) is 0.653. The Morgan fingerprint density at radius 3 is 2.69 bits per heavy atom. The first-order valence-corrected chi connectivity index (χ1v) is 9.55. The third-order valence-corrected chi connectivity index (χ3v) is 4.51. The van der Waals surface area contributed by atoms with Gasteiger partial charge in [-0.2, -0.15) is 0 Å². The Labute approximate surface area is 169 Å². The lowest BCUT2D eigenvalue weighted by atomic mass is 10.2. The smallest absolute Gasteiger partial charge is 0.338 e. The summed E-state index contributed by atoms with van der Waals surface area (Å²) in [6, 6.07) is 14.0. The summed E-state index contributed by atoms with van der Waals surface area (Å²) in [5, 5.41) is 2.71. The Hall–Kier alpha value is -3.06. The average molecular weight is 399 g/mol. The van der Waals surface area contributed by atoms with Crippen LogP contribution in [0.5, 0.6) is 11.5 Å². The monoisotopic (exact) mass is 399 g/mol. The second-order valence-corrected chi connectivity index (χ2v) is 6.67. The lowest BCUT2D eigenvalue weighted by molar-refractivity contribution is -0.124. The fourth-order valence-electron chi connectivity index (χ4n) is 2.90. The third kappa shape index (κ3) is 6.50. The molecule has 154 valence electrons. The third-order valence-electron chi connectivity index (χ3n) is 4.51. The maximum Gasteiger partial charge on any atom is 0.338 e. The summed E-state index contributed by atoms with van der Waals surface area (Å²) in [4.78, 5) is 24.0. The van der Waals surface area contributed by atoms with Crippen LogP contribution in [0.1, 0.15) is 28.8 Å². The number of esters is 1. The maximum atomic E-state index is 12.1. The summed E-state index contributed by atoms with van der Waals surface area (Å²) in [5.74, 6) is 0.435. The van der Waals surface area contributed by atoms with Crippen molar-refractivity contribution in [1.82, 2.24) is 5.32 Å². The van der Waals surface area contributed by atoms with E-state index in [1.54, 1.807) is 31.4 Å². The lowest BCUT2D eigenvalue weighted by Crippen LogP contribution is -2.28. The van der Waals surface area contributed by atoms with Crippen molar-refractivity contribution in [2.75, 3.05) is 26.9 Å². The summed E-state index contributed by atoms with van der Waals surface area (Å²) < 4.78 is 21.4. The predicted molar refractivity (Wildman–Crippen MR) is 106 cm³/mol. The van der Waals surface area contributed by atoms with Gasteiger partial charge in [0, 0.05) is 13.2 Å². The van der Waals surface area contributed by atoms with E-state index >= 15 is 0 Å². The molecule has 1 N–H and O–H groups in total. The average Bonchev–Trinajstić information content (AvgIpc) is 3.29. The zero-order chi connectivity index (χ0) is 20.5. The molecule has 0 unspecified atom stereocenters. The van der Waals surface area contributed by atoms with Gasteiger partial charge >= 0.3 is 5.97 Å². The first kappa shape index (κ1) is 20.7. The van der Waals surface area contributed by atoms with Crippen LogP contribution in [0.25, 0.3) is 0 Å². The molecule has 7 heteroatoms. The summed E-state index contributed by atoms with van der Waals surface area (Å²) in [6.07, 6.45) is 2.20. The Bertz CT molecular complexity index is 814. The summed E-state index contributed by atoms with van der Waals surface area (Å²) in [6.45, 7) is 1.26. The highest BCUT2D eigenvalue weighted by Gasteiger charge is 2.16. The molecule has 1 aliphatic heterocycles. The Kier molecular flexibility index (Phi) is 7.47. The molecule has 0 spiro atoms.